The van der Waals surface area contributed by atoms with Crippen molar-refractivity contribution in [2.45, 2.75) is 24.8 Å². The first-order chi connectivity index (χ1) is 13.8. The molecule has 0 saturated heterocycles. The third-order valence-electron chi connectivity index (χ3n) is 5.55. The van der Waals surface area contributed by atoms with E-state index >= 15 is 0 Å². The van der Waals surface area contributed by atoms with Crippen molar-refractivity contribution in [2.24, 2.45) is 0 Å². The normalized spacial score (nSPS) is 22.3. The second-order valence-corrected chi connectivity index (χ2v) is 7.21. The number of nitriles is 1. The van der Waals surface area contributed by atoms with E-state index in [0.29, 0.717) is 5.56 Å². The van der Waals surface area contributed by atoms with Gasteiger partial charge in [0, 0.05) is 12.3 Å². The molecular formula is C25H20N2O. The zero-order valence-electron chi connectivity index (χ0n) is 15.5. The van der Waals surface area contributed by atoms with E-state index in [2.05, 4.69) is 71.7 Å². The van der Waals surface area contributed by atoms with Crippen LogP contribution in [0.1, 0.15) is 29.9 Å². The number of ether oxygens (including phenoxy) is 1. The van der Waals surface area contributed by atoms with E-state index < -0.39 is 0 Å². The number of nitrogens with zero attached hydrogens (tertiary/aromatic N) is 2. The molecular weight excluding hydrogens is 344 g/mol. The highest BCUT2D eigenvalue weighted by Crippen LogP contribution is 2.44. The summed E-state index contributed by atoms with van der Waals surface area (Å²) in [7, 11) is 0. The van der Waals surface area contributed by atoms with Gasteiger partial charge in [0.25, 0.3) is 0 Å². The van der Waals surface area contributed by atoms with Crippen LogP contribution in [0.3, 0.4) is 0 Å². The van der Waals surface area contributed by atoms with Crippen molar-refractivity contribution in [1.29, 1.82) is 5.26 Å². The van der Waals surface area contributed by atoms with Gasteiger partial charge in [-0.2, -0.15) is 5.26 Å². The molecule has 28 heavy (non-hydrogen) atoms. The fourth-order valence-corrected chi connectivity index (χ4v) is 4.20. The Morgan fingerprint density at radius 3 is 2.68 bits per heavy atom. The minimum Gasteiger partial charge on any atom is -0.457 e. The fourth-order valence-electron chi connectivity index (χ4n) is 4.20. The molecule has 0 N–H and O–H groups in total. The summed E-state index contributed by atoms with van der Waals surface area (Å²) in [6.07, 6.45) is 15.1. The minimum absolute atomic E-state index is 0.135. The average molecular weight is 364 g/mol. The topological polar surface area (TPSA) is 36.3 Å². The van der Waals surface area contributed by atoms with Crippen LogP contribution in [-0.4, -0.2) is 6.04 Å². The quantitative estimate of drug-likeness (QED) is 0.696. The molecule has 0 saturated carbocycles. The highest BCUT2D eigenvalue weighted by atomic mass is 16.5. The molecule has 1 aliphatic heterocycles. The van der Waals surface area contributed by atoms with Gasteiger partial charge in [-0.25, -0.2) is 0 Å². The molecule has 0 radical (unpaired) electrons. The number of anilines is 1. The molecule has 3 heteroatoms. The molecule has 1 heterocycles. The van der Waals surface area contributed by atoms with Crippen molar-refractivity contribution >= 4 is 5.69 Å². The van der Waals surface area contributed by atoms with Crippen LogP contribution in [0.2, 0.25) is 0 Å². The van der Waals surface area contributed by atoms with Gasteiger partial charge in [-0.15, -0.1) is 0 Å². The van der Waals surface area contributed by atoms with Crippen molar-refractivity contribution < 1.29 is 4.74 Å². The fraction of sp³-hybridized carbons (Fsp3) is 0.160. The van der Waals surface area contributed by atoms with Crippen molar-refractivity contribution in [2.75, 3.05) is 4.90 Å². The van der Waals surface area contributed by atoms with Gasteiger partial charge < -0.3 is 9.64 Å². The zero-order chi connectivity index (χ0) is 18.9. The molecule has 2 atom stereocenters. The molecule has 2 aromatic carbocycles. The van der Waals surface area contributed by atoms with Crippen LogP contribution < -0.4 is 9.64 Å². The lowest BCUT2D eigenvalue weighted by atomic mass is 9.85. The van der Waals surface area contributed by atoms with E-state index in [1.807, 2.05) is 24.3 Å². The average Bonchev–Trinajstić information content (AvgIpc) is 2.77. The van der Waals surface area contributed by atoms with Crippen LogP contribution in [0, 0.1) is 11.3 Å². The second kappa shape index (κ2) is 6.90. The molecule has 3 nitrogen and oxygen atoms in total. The van der Waals surface area contributed by atoms with E-state index in [9.17, 15) is 0 Å². The van der Waals surface area contributed by atoms with Crippen LogP contribution in [0.25, 0.3) is 0 Å². The Morgan fingerprint density at radius 2 is 1.82 bits per heavy atom. The Morgan fingerprint density at radius 1 is 1.00 bits per heavy atom. The van der Waals surface area contributed by atoms with E-state index in [0.717, 1.165) is 35.7 Å². The Hall–Kier alpha value is -3.51. The third kappa shape index (κ3) is 2.75. The number of allylic oxidation sites excluding steroid dienone is 5. The van der Waals surface area contributed by atoms with Crippen molar-refractivity contribution in [3.8, 4) is 11.8 Å². The number of rotatable bonds is 2. The van der Waals surface area contributed by atoms with E-state index in [1.165, 1.54) is 5.56 Å². The molecule has 2 aliphatic carbocycles. The lowest BCUT2D eigenvalue weighted by Crippen LogP contribution is -2.41. The minimum atomic E-state index is 0.135. The van der Waals surface area contributed by atoms with Crippen LogP contribution in [0.5, 0.6) is 5.75 Å². The maximum Gasteiger partial charge on any atom is 0.150 e. The Labute approximate surface area is 165 Å². The van der Waals surface area contributed by atoms with Gasteiger partial charge >= 0.3 is 0 Å². The molecule has 0 bridgehead atoms. The van der Waals surface area contributed by atoms with Crippen LogP contribution >= 0.6 is 0 Å². The Balaban J connectivity index is 1.61. The first kappa shape index (κ1) is 16.6. The largest absolute Gasteiger partial charge is 0.457 e. The van der Waals surface area contributed by atoms with Gasteiger partial charge in [0.15, 0.2) is 5.75 Å². The number of para-hydroxylation sites is 2. The van der Waals surface area contributed by atoms with Crippen LogP contribution in [0.15, 0.2) is 96.4 Å². The Kier molecular flexibility index (Phi) is 4.10. The summed E-state index contributed by atoms with van der Waals surface area (Å²) in [5.41, 5.74) is 4.13. The monoisotopic (exact) mass is 364 g/mol. The van der Waals surface area contributed by atoms with Gasteiger partial charge in [0.2, 0.25) is 0 Å². The molecule has 136 valence electrons. The van der Waals surface area contributed by atoms with Gasteiger partial charge in [0.05, 0.1) is 29.1 Å². The van der Waals surface area contributed by atoms with Crippen molar-refractivity contribution in [3.63, 3.8) is 0 Å². The molecule has 5 rings (SSSR count). The molecule has 0 spiro atoms. The summed E-state index contributed by atoms with van der Waals surface area (Å²) < 4.78 is 6.24. The second-order valence-electron chi connectivity index (χ2n) is 7.21. The lowest BCUT2D eigenvalue weighted by molar-refractivity contribution is 0.381. The standard InChI is InChI=1S/C25H20N2O/c26-17-18-13-15-19(16-14-18)20-7-1-2-8-21(20)27-22-9-3-5-11-24(22)28-25-12-6-4-10-23(25)27/h1-5,7-11,13-16,20-21H,6,12H2. The summed E-state index contributed by atoms with van der Waals surface area (Å²) in [4.78, 5) is 2.41. The number of benzene rings is 2. The van der Waals surface area contributed by atoms with E-state index in [1.54, 1.807) is 0 Å². The van der Waals surface area contributed by atoms with Gasteiger partial charge in [-0.3, -0.25) is 0 Å². The van der Waals surface area contributed by atoms with Crippen molar-refractivity contribution in [3.05, 3.63) is 108 Å². The predicted molar refractivity (Wildman–Crippen MR) is 111 cm³/mol. The SMILES string of the molecule is N#Cc1ccc(C2C=CC=CC2N2C3=C(CCC=C3)Oc3ccccc32)cc1. The van der Waals surface area contributed by atoms with Crippen LogP contribution in [-0.2, 0) is 0 Å². The molecule has 3 aliphatic rings. The molecule has 2 aromatic rings. The maximum atomic E-state index is 9.12. The van der Waals surface area contributed by atoms with E-state index in [-0.39, 0.29) is 12.0 Å². The van der Waals surface area contributed by atoms with Crippen LogP contribution in [0.4, 0.5) is 5.69 Å². The summed E-state index contributed by atoms with van der Waals surface area (Å²) in [6, 6.07) is 18.5. The maximum absolute atomic E-state index is 9.12. The number of hydrogen-bond donors (Lipinski definition) is 0. The van der Waals surface area contributed by atoms with Crippen molar-refractivity contribution in [1.82, 2.24) is 0 Å². The predicted octanol–water partition coefficient (Wildman–Crippen LogP) is 5.60. The third-order valence-corrected chi connectivity index (χ3v) is 5.55. The molecule has 0 aromatic heterocycles. The summed E-state index contributed by atoms with van der Waals surface area (Å²) in [6.45, 7) is 0. The summed E-state index contributed by atoms with van der Waals surface area (Å²) >= 11 is 0. The van der Waals surface area contributed by atoms with E-state index in [4.69, 9.17) is 10.00 Å². The first-order valence-electron chi connectivity index (χ1n) is 9.66. The number of hydrogen-bond acceptors (Lipinski definition) is 3. The summed E-state index contributed by atoms with van der Waals surface area (Å²) in [5.74, 6) is 2.15. The highest BCUT2D eigenvalue weighted by Gasteiger charge is 2.35. The zero-order valence-corrected chi connectivity index (χ0v) is 15.5. The number of fused-ring (bicyclic) bond motifs is 1. The highest BCUT2D eigenvalue weighted by molar-refractivity contribution is 5.69. The Bertz CT molecular complexity index is 1070. The lowest BCUT2D eigenvalue weighted by Gasteiger charge is -2.42. The van der Waals surface area contributed by atoms with Gasteiger partial charge in [-0.05, 0) is 42.3 Å². The van der Waals surface area contributed by atoms with Gasteiger partial charge in [0.1, 0.15) is 5.76 Å². The first-order valence-corrected chi connectivity index (χ1v) is 9.66. The smallest absolute Gasteiger partial charge is 0.150 e. The molecule has 2 unspecified atom stereocenters. The molecule has 0 amide bonds. The summed E-state index contributed by atoms with van der Waals surface area (Å²) in [5, 5.41) is 9.12. The van der Waals surface area contributed by atoms with Gasteiger partial charge in [-0.1, -0.05) is 54.6 Å². The molecule has 0 fully saturated rings.